The van der Waals surface area contributed by atoms with Crippen molar-refractivity contribution in [3.63, 3.8) is 0 Å². The Balaban J connectivity index is 1.70. The van der Waals surface area contributed by atoms with Crippen molar-refractivity contribution in [1.82, 2.24) is 20.2 Å². The van der Waals surface area contributed by atoms with E-state index in [9.17, 15) is 0 Å². The fourth-order valence-electron chi connectivity index (χ4n) is 3.11. The molecule has 0 spiro atoms. The molecule has 0 radical (unpaired) electrons. The molecular formula is C13H20N4. The van der Waals surface area contributed by atoms with Crippen LogP contribution in [0, 0.1) is 5.92 Å². The maximum atomic E-state index is 4.42. The van der Waals surface area contributed by atoms with E-state index in [1.165, 1.54) is 25.9 Å². The van der Waals surface area contributed by atoms with Crippen LogP contribution in [0.4, 0.5) is 0 Å². The summed E-state index contributed by atoms with van der Waals surface area (Å²) < 4.78 is 0. The van der Waals surface area contributed by atoms with Crippen molar-refractivity contribution >= 4 is 0 Å². The Morgan fingerprint density at radius 1 is 1.41 bits per heavy atom. The zero-order chi connectivity index (χ0) is 11.7. The highest BCUT2D eigenvalue weighted by Crippen LogP contribution is 2.30. The van der Waals surface area contributed by atoms with Gasteiger partial charge < -0.3 is 5.32 Å². The molecule has 2 aliphatic heterocycles. The second kappa shape index (κ2) is 4.70. The van der Waals surface area contributed by atoms with E-state index in [2.05, 4.69) is 27.1 Å². The van der Waals surface area contributed by atoms with Gasteiger partial charge in [-0.1, -0.05) is 0 Å². The highest BCUT2D eigenvalue weighted by atomic mass is 15.2. The molecule has 0 amide bonds. The van der Waals surface area contributed by atoms with E-state index < -0.39 is 0 Å². The molecule has 17 heavy (non-hydrogen) atoms. The average molecular weight is 232 g/mol. The lowest BCUT2D eigenvalue weighted by Gasteiger charge is -2.25. The number of likely N-dealkylation sites (tertiary alicyclic amines) is 1. The summed E-state index contributed by atoms with van der Waals surface area (Å²) in [4.78, 5) is 11.1. The minimum Gasteiger partial charge on any atom is -0.312 e. The summed E-state index contributed by atoms with van der Waals surface area (Å²) in [6.45, 7) is 5.79. The van der Waals surface area contributed by atoms with Crippen LogP contribution in [0.2, 0.25) is 0 Å². The van der Waals surface area contributed by atoms with Crippen LogP contribution in [0.5, 0.6) is 0 Å². The molecule has 92 valence electrons. The number of fused-ring (bicyclic) bond motifs is 1. The summed E-state index contributed by atoms with van der Waals surface area (Å²) in [5.41, 5.74) is 1.09. The Morgan fingerprint density at radius 3 is 3.12 bits per heavy atom. The van der Waals surface area contributed by atoms with Gasteiger partial charge in [0.2, 0.25) is 0 Å². The standard InChI is InChI=1S/C13H20N4/c1-10(12-7-14-5-6-16-12)17-8-11-3-2-4-15-13(11)9-17/h5-7,10-11,13,15H,2-4,8-9H2,1H3/t10?,11-,13+/m0/s1. The van der Waals surface area contributed by atoms with E-state index >= 15 is 0 Å². The molecule has 3 rings (SSSR count). The van der Waals surface area contributed by atoms with Crippen LogP contribution in [-0.2, 0) is 0 Å². The summed E-state index contributed by atoms with van der Waals surface area (Å²) in [6.07, 6.45) is 8.12. The number of hydrogen-bond donors (Lipinski definition) is 1. The van der Waals surface area contributed by atoms with Gasteiger partial charge in [-0.05, 0) is 32.2 Å². The topological polar surface area (TPSA) is 41.1 Å². The maximum absolute atomic E-state index is 4.42. The highest BCUT2D eigenvalue weighted by Gasteiger charge is 2.36. The lowest BCUT2D eigenvalue weighted by atomic mass is 9.94. The number of rotatable bonds is 2. The third-order valence-electron chi connectivity index (χ3n) is 4.19. The zero-order valence-electron chi connectivity index (χ0n) is 10.3. The number of aromatic nitrogens is 2. The van der Waals surface area contributed by atoms with Gasteiger partial charge in [-0.25, -0.2) is 0 Å². The Bertz CT molecular complexity index is 353. The Labute approximate surface area is 102 Å². The van der Waals surface area contributed by atoms with Crippen LogP contribution in [0.15, 0.2) is 18.6 Å². The molecule has 2 aliphatic rings. The van der Waals surface area contributed by atoms with E-state index in [-0.39, 0.29) is 0 Å². The molecule has 2 fully saturated rings. The van der Waals surface area contributed by atoms with Gasteiger partial charge in [-0.2, -0.15) is 0 Å². The summed E-state index contributed by atoms with van der Waals surface area (Å²) in [5.74, 6) is 0.836. The Morgan fingerprint density at radius 2 is 2.35 bits per heavy atom. The third kappa shape index (κ3) is 2.19. The van der Waals surface area contributed by atoms with E-state index in [0.29, 0.717) is 12.1 Å². The first kappa shape index (κ1) is 11.1. The van der Waals surface area contributed by atoms with E-state index in [4.69, 9.17) is 0 Å². The molecule has 2 saturated heterocycles. The van der Waals surface area contributed by atoms with Crippen LogP contribution < -0.4 is 5.32 Å². The van der Waals surface area contributed by atoms with Gasteiger partial charge in [0.05, 0.1) is 11.7 Å². The molecule has 0 saturated carbocycles. The average Bonchev–Trinajstić information content (AvgIpc) is 2.82. The highest BCUT2D eigenvalue weighted by molar-refractivity contribution is 5.04. The molecular weight excluding hydrogens is 212 g/mol. The summed E-state index contributed by atoms with van der Waals surface area (Å²) in [7, 11) is 0. The molecule has 3 heterocycles. The molecule has 3 atom stereocenters. The molecule has 0 bridgehead atoms. The lowest BCUT2D eigenvalue weighted by molar-refractivity contribution is 0.246. The monoisotopic (exact) mass is 232 g/mol. The van der Waals surface area contributed by atoms with Crippen molar-refractivity contribution in [3.05, 3.63) is 24.3 Å². The maximum Gasteiger partial charge on any atom is 0.0755 e. The van der Waals surface area contributed by atoms with Crippen LogP contribution in [0.3, 0.4) is 0 Å². The predicted octanol–water partition coefficient (Wildman–Crippen LogP) is 1.22. The fraction of sp³-hybridized carbons (Fsp3) is 0.692. The van der Waals surface area contributed by atoms with Crippen molar-refractivity contribution in [1.29, 1.82) is 0 Å². The quantitative estimate of drug-likeness (QED) is 0.832. The minimum atomic E-state index is 0.385. The SMILES string of the molecule is CC(c1cnccn1)N1C[C@@H]2CCCN[C@@H]2C1. The molecule has 1 unspecified atom stereocenters. The van der Waals surface area contributed by atoms with Crippen LogP contribution in [0.25, 0.3) is 0 Å². The van der Waals surface area contributed by atoms with Crippen molar-refractivity contribution in [3.8, 4) is 0 Å². The third-order valence-corrected chi connectivity index (χ3v) is 4.19. The van der Waals surface area contributed by atoms with Crippen molar-refractivity contribution in [2.24, 2.45) is 5.92 Å². The van der Waals surface area contributed by atoms with Crippen LogP contribution in [0.1, 0.15) is 31.5 Å². The summed E-state index contributed by atoms with van der Waals surface area (Å²) in [5, 5.41) is 3.64. The van der Waals surface area contributed by atoms with Gasteiger partial charge in [0, 0.05) is 37.7 Å². The second-order valence-electron chi connectivity index (χ2n) is 5.22. The molecule has 1 aromatic heterocycles. The molecule has 4 heteroatoms. The van der Waals surface area contributed by atoms with Gasteiger partial charge in [0.25, 0.3) is 0 Å². The molecule has 1 aromatic rings. The minimum absolute atomic E-state index is 0.385. The van der Waals surface area contributed by atoms with Gasteiger partial charge in [-0.3, -0.25) is 14.9 Å². The predicted molar refractivity (Wildman–Crippen MR) is 66.5 cm³/mol. The first-order valence-electron chi connectivity index (χ1n) is 6.58. The molecule has 0 aliphatic carbocycles. The first-order valence-corrected chi connectivity index (χ1v) is 6.58. The Hall–Kier alpha value is -1.00. The lowest BCUT2D eigenvalue weighted by Crippen LogP contribution is -2.40. The number of piperidine rings is 1. The van der Waals surface area contributed by atoms with Gasteiger partial charge in [0.1, 0.15) is 0 Å². The van der Waals surface area contributed by atoms with Crippen LogP contribution in [-0.4, -0.2) is 40.5 Å². The molecule has 0 aromatic carbocycles. The molecule has 1 N–H and O–H groups in total. The van der Waals surface area contributed by atoms with Crippen LogP contribution >= 0.6 is 0 Å². The van der Waals surface area contributed by atoms with Crippen molar-refractivity contribution < 1.29 is 0 Å². The van der Waals surface area contributed by atoms with E-state index in [1.54, 1.807) is 12.4 Å². The zero-order valence-corrected chi connectivity index (χ0v) is 10.3. The van der Waals surface area contributed by atoms with Gasteiger partial charge >= 0.3 is 0 Å². The van der Waals surface area contributed by atoms with Crippen molar-refractivity contribution in [2.45, 2.75) is 31.8 Å². The largest absolute Gasteiger partial charge is 0.312 e. The second-order valence-corrected chi connectivity index (χ2v) is 5.22. The number of nitrogens with one attached hydrogen (secondary N) is 1. The van der Waals surface area contributed by atoms with Crippen molar-refractivity contribution in [2.75, 3.05) is 19.6 Å². The summed E-state index contributed by atoms with van der Waals surface area (Å²) >= 11 is 0. The fourth-order valence-corrected chi connectivity index (χ4v) is 3.11. The van der Waals surface area contributed by atoms with E-state index in [1.807, 2.05) is 6.20 Å². The normalized spacial score (nSPS) is 31.1. The van der Waals surface area contributed by atoms with Gasteiger partial charge in [0.15, 0.2) is 0 Å². The molecule has 4 nitrogen and oxygen atoms in total. The van der Waals surface area contributed by atoms with E-state index in [0.717, 1.165) is 18.2 Å². The smallest absolute Gasteiger partial charge is 0.0755 e. The first-order chi connectivity index (χ1) is 8.34. The number of hydrogen-bond acceptors (Lipinski definition) is 4. The number of nitrogens with zero attached hydrogens (tertiary/aromatic N) is 3. The van der Waals surface area contributed by atoms with Gasteiger partial charge in [-0.15, -0.1) is 0 Å². The summed E-state index contributed by atoms with van der Waals surface area (Å²) in [6, 6.07) is 1.08. The Kier molecular flexibility index (Phi) is 3.07.